The zero-order valence-electron chi connectivity index (χ0n) is 14.1. The molecule has 0 aliphatic rings. The molecule has 0 amide bonds. The van der Waals surface area contributed by atoms with Gasteiger partial charge in [-0.25, -0.2) is 0 Å². The van der Waals surface area contributed by atoms with E-state index < -0.39 is 30.1 Å². The first-order valence-corrected chi connectivity index (χ1v) is 22.1. The Bertz CT molecular complexity index is 452. The second-order valence-corrected chi connectivity index (χ2v) is 42.6. The number of rotatable bonds is 7. The van der Waals surface area contributed by atoms with Crippen molar-refractivity contribution in [3.8, 4) is 0 Å². The van der Waals surface area contributed by atoms with E-state index in [4.69, 9.17) is 12.3 Å². The van der Waals surface area contributed by atoms with Gasteiger partial charge in [0.15, 0.2) is 30.1 Å². The normalized spacial score (nSPS) is 14.2. The lowest BCUT2D eigenvalue weighted by Crippen LogP contribution is -2.92. The van der Waals surface area contributed by atoms with Crippen molar-refractivity contribution >= 4 is 66.8 Å². The fourth-order valence-corrected chi connectivity index (χ4v) is 85.5. The molecule has 1 aromatic carbocycles. The highest BCUT2D eigenvalue weighted by molar-refractivity contribution is 7.91. The minimum absolute atomic E-state index is 1.37. The Morgan fingerprint density at radius 2 is 0.955 bits per heavy atom. The molecule has 10 heteroatoms. The molecule has 0 N–H and O–H groups in total. The maximum atomic E-state index is 6.01. The summed E-state index contributed by atoms with van der Waals surface area (Å²) in [6.45, 7) is 11.4. The SMILES string of the molecule is C[Si](C)(O[Si])[Si](c1ccccc1)([Si](C)(C)O[Si])[Si](C)(C)O[Si]. The molecule has 3 nitrogen and oxygen atoms in total. The van der Waals surface area contributed by atoms with E-state index in [1.54, 1.807) is 0 Å². The molecule has 0 aromatic heterocycles. The average molecular weight is 412 g/mol. The highest BCUT2D eigenvalue weighted by atomic mass is 29.9. The fraction of sp³-hybridized carbons (Fsp3) is 0.500. The second-order valence-electron chi connectivity index (χ2n) is 6.95. The summed E-state index contributed by atoms with van der Waals surface area (Å²) >= 11 is 0. The van der Waals surface area contributed by atoms with Gasteiger partial charge in [-0.3, -0.25) is 0 Å². The largest absolute Gasteiger partial charge is 0.459 e. The molecule has 9 radical (unpaired) electrons. The molecule has 0 fully saturated rings. The molecule has 1 rings (SSSR count). The summed E-state index contributed by atoms with van der Waals surface area (Å²) < 4.78 is 18.0. The summed E-state index contributed by atoms with van der Waals surface area (Å²) in [4.78, 5) is 0. The average Bonchev–Trinajstić information content (AvgIpc) is 2.48. The Morgan fingerprint density at radius 3 is 1.23 bits per heavy atom. The summed E-state index contributed by atoms with van der Waals surface area (Å²) in [5, 5.41) is 1.37. The zero-order chi connectivity index (χ0) is 17.2. The molecule has 117 valence electrons. The first-order chi connectivity index (χ1) is 10.0. The lowest BCUT2D eigenvalue weighted by Gasteiger charge is -2.57. The number of benzene rings is 1. The van der Waals surface area contributed by atoms with Crippen LogP contribution >= 0.6 is 0 Å². The summed E-state index contributed by atoms with van der Waals surface area (Å²) in [5.41, 5.74) is 0. The highest BCUT2D eigenvalue weighted by Gasteiger charge is 2.70. The summed E-state index contributed by atoms with van der Waals surface area (Å²) in [5.74, 6) is 0. The van der Waals surface area contributed by atoms with E-state index in [1.807, 2.05) is 0 Å². The molecule has 0 bridgehead atoms. The number of hydrogen-bond donors (Lipinski definition) is 0. The molecule has 0 spiro atoms. The fourth-order valence-electron chi connectivity index (χ4n) is 4.14. The van der Waals surface area contributed by atoms with Gasteiger partial charge in [0.2, 0.25) is 31.5 Å². The molecule has 22 heavy (non-hydrogen) atoms. The van der Waals surface area contributed by atoms with Gasteiger partial charge in [0.25, 0.3) is 0 Å². The van der Waals surface area contributed by atoms with Gasteiger partial charge in [0, 0.05) is 0 Å². The smallest absolute Gasteiger partial charge is 0.229 e. The topological polar surface area (TPSA) is 27.7 Å². The van der Waals surface area contributed by atoms with Crippen molar-refractivity contribution in [1.29, 1.82) is 0 Å². The van der Waals surface area contributed by atoms with Crippen LogP contribution in [0.2, 0.25) is 39.3 Å². The van der Waals surface area contributed by atoms with E-state index in [2.05, 4.69) is 101 Å². The highest BCUT2D eigenvalue weighted by Crippen LogP contribution is 2.37. The Hall–Kier alpha value is 0.618. The molecule has 0 unspecified atom stereocenters. The van der Waals surface area contributed by atoms with Crippen LogP contribution in [0.3, 0.4) is 0 Å². The standard InChI is InChI=1S/C12H23O3Si7/c1-19(2,13-16)22(20(3,4)14-17,21(5,6)15-18)12-10-8-7-9-11-12/h7-11H,1-6H3. The van der Waals surface area contributed by atoms with Gasteiger partial charge in [-0.1, -0.05) is 35.5 Å². The van der Waals surface area contributed by atoms with Crippen molar-refractivity contribution in [3.05, 3.63) is 30.3 Å². The Labute approximate surface area is 148 Å². The molecule has 0 saturated heterocycles. The quantitative estimate of drug-likeness (QED) is 0.636. The van der Waals surface area contributed by atoms with Crippen molar-refractivity contribution in [2.24, 2.45) is 0 Å². The predicted molar refractivity (Wildman–Crippen MR) is 105 cm³/mol. The maximum absolute atomic E-state index is 6.01. The van der Waals surface area contributed by atoms with Crippen molar-refractivity contribution < 1.29 is 12.3 Å². The minimum atomic E-state index is -2.25. The van der Waals surface area contributed by atoms with E-state index in [1.165, 1.54) is 5.19 Å². The number of hydrogen-bond acceptors (Lipinski definition) is 3. The molecule has 1 aromatic rings. The van der Waals surface area contributed by atoms with Crippen LogP contribution in [0.5, 0.6) is 0 Å². The Kier molecular flexibility index (Phi) is 6.80. The molecule has 0 aliphatic heterocycles. The van der Waals surface area contributed by atoms with E-state index in [0.717, 1.165) is 0 Å². The predicted octanol–water partition coefficient (Wildman–Crippen LogP) is 1.49. The Balaban J connectivity index is 3.90. The van der Waals surface area contributed by atoms with Crippen molar-refractivity contribution in [3.63, 3.8) is 0 Å². The van der Waals surface area contributed by atoms with Crippen LogP contribution in [0.25, 0.3) is 0 Å². The third-order valence-corrected chi connectivity index (χ3v) is 71.5. The first kappa shape index (κ1) is 20.7. The van der Waals surface area contributed by atoms with Gasteiger partial charge in [-0.2, -0.15) is 0 Å². The van der Waals surface area contributed by atoms with Gasteiger partial charge >= 0.3 is 0 Å². The Morgan fingerprint density at radius 1 is 0.636 bits per heavy atom. The lowest BCUT2D eigenvalue weighted by molar-refractivity contribution is 0.612. The molecule has 0 atom stereocenters. The second kappa shape index (κ2) is 7.24. The van der Waals surface area contributed by atoms with Crippen LogP contribution in [-0.2, 0) is 12.3 Å². The monoisotopic (exact) mass is 411 g/mol. The van der Waals surface area contributed by atoms with Crippen LogP contribution in [0, 0.1) is 0 Å². The van der Waals surface area contributed by atoms with E-state index in [9.17, 15) is 0 Å². The van der Waals surface area contributed by atoms with E-state index >= 15 is 0 Å². The van der Waals surface area contributed by atoms with Gasteiger partial charge in [-0.15, -0.1) is 0 Å². The third kappa shape index (κ3) is 3.10. The van der Waals surface area contributed by atoms with Crippen LogP contribution in [-0.4, -0.2) is 61.6 Å². The summed E-state index contributed by atoms with van der Waals surface area (Å²) in [6.07, 6.45) is 0. The first-order valence-electron chi connectivity index (χ1n) is 7.14. The summed E-state index contributed by atoms with van der Waals surface area (Å²) in [7, 11) is 3.76. The minimum Gasteiger partial charge on any atom is -0.459 e. The molecule has 0 saturated carbocycles. The van der Waals surface area contributed by atoms with E-state index in [0.29, 0.717) is 0 Å². The zero-order valence-corrected chi connectivity index (χ0v) is 21.1. The van der Waals surface area contributed by atoms with Gasteiger partial charge in [0.1, 0.15) is 0 Å². The third-order valence-electron chi connectivity index (χ3n) is 4.68. The van der Waals surface area contributed by atoms with Gasteiger partial charge < -0.3 is 12.3 Å². The molecular formula is C12H23O3Si7. The van der Waals surface area contributed by atoms with Gasteiger partial charge in [0.05, 0.1) is 0 Å². The molecule has 0 heterocycles. The van der Waals surface area contributed by atoms with Crippen LogP contribution in [0.15, 0.2) is 30.3 Å². The van der Waals surface area contributed by atoms with Crippen LogP contribution < -0.4 is 5.19 Å². The van der Waals surface area contributed by atoms with Crippen LogP contribution in [0.4, 0.5) is 0 Å². The lowest BCUT2D eigenvalue weighted by atomic mass is 10.4. The molecule has 0 aliphatic carbocycles. The maximum Gasteiger partial charge on any atom is 0.229 e. The van der Waals surface area contributed by atoms with Crippen molar-refractivity contribution in [2.75, 3.05) is 0 Å². The molecular weight excluding hydrogens is 389 g/mol. The van der Waals surface area contributed by atoms with Crippen molar-refractivity contribution in [1.82, 2.24) is 0 Å². The van der Waals surface area contributed by atoms with Crippen LogP contribution in [0.1, 0.15) is 0 Å². The van der Waals surface area contributed by atoms with Gasteiger partial charge in [-0.05, 0) is 39.3 Å². The van der Waals surface area contributed by atoms with E-state index in [-0.39, 0.29) is 0 Å². The summed E-state index contributed by atoms with van der Waals surface area (Å²) in [6, 6.07) is 10.7. The van der Waals surface area contributed by atoms with Crippen molar-refractivity contribution in [2.45, 2.75) is 39.3 Å².